The SMILES string of the molecule is COCCCNC(=O)CSCCCN. The Labute approximate surface area is 89.9 Å². The van der Waals surface area contributed by atoms with Crippen LogP contribution in [0.4, 0.5) is 0 Å². The van der Waals surface area contributed by atoms with E-state index in [9.17, 15) is 4.79 Å². The highest BCUT2D eigenvalue weighted by Crippen LogP contribution is 2.00. The van der Waals surface area contributed by atoms with Crippen LogP contribution in [-0.2, 0) is 9.53 Å². The largest absolute Gasteiger partial charge is 0.385 e. The number of amides is 1. The second-order valence-electron chi connectivity index (χ2n) is 2.89. The predicted molar refractivity (Wildman–Crippen MR) is 60.5 cm³/mol. The molecule has 3 N–H and O–H groups in total. The lowest BCUT2D eigenvalue weighted by molar-refractivity contribution is -0.118. The number of hydrogen-bond acceptors (Lipinski definition) is 4. The van der Waals surface area contributed by atoms with Gasteiger partial charge in [0.1, 0.15) is 0 Å². The number of methoxy groups -OCH3 is 1. The molecule has 0 aromatic heterocycles. The topological polar surface area (TPSA) is 64.3 Å². The summed E-state index contributed by atoms with van der Waals surface area (Å²) < 4.78 is 4.87. The predicted octanol–water partition coefficient (Wildman–Crippen LogP) is 0.221. The number of thioether (sulfide) groups is 1. The highest BCUT2D eigenvalue weighted by molar-refractivity contribution is 7.99. The molecule has 0 aromatic rings. The summed E-state index contributed by atoms with van der Waals surface area (Å²) >= 11 is 1.63. The minimum Gasteiger partial charge on any atom is -0.385 e. The van der Waals surface area contributed by atoms with Crippen LogP contribution in [0.3, 0.4) is 0 Å². The van der Waals surface area contributed by atoms with Crippen LogP contribution in [0.5, 0.6) is 0 Å². The quantitative estimate of drug-likeness (QED) is 0.546. The van der Waals surface area contributed by atoms with Crippen molar-refractivity contribution in [2.75, 3.05) is 38.3 Å². The molecule has 84 valence electrons. The van der Waals surface area contributed by atoms with E-state index < -0.39 is 0 Å². The number of nitrogens with two attached hydrogens (primary N) is 1. The lowest BCUT2D eigenvalue weighted by Crippen LogP contribution is -2.27. The molecule has 1 amide bonds. The van der Waals surface area contributed by atoms with E-state index in [-0.39, 0.29) is 5.91 Å². The van der Waals surface area contributed by atoms with E-state index in [0.29, 0.717) is 25.4 Å². The molecule has 0 fully saturated rings. The molecule has 0 unspecified atom stereocenters. The third-order valence-electron chi connectivity index (χ3n) is 1.57. The van der Waals surface area contributed by atoms with Crippen LogP contribution < -0.4 is 11.1 Å². The molecule has 0 heterocycles. The first-order valence-electron chi connectivity index (χ1n) is 4.84. The maximum atomic E-state index is 11.2. The van der Waals surface area contributed by atoms with Crippen LogP contribution in [-0.4, -0.2) is 44.2 Å². The highest BCUT2D eigenvalue weighted by atomic mass is 32.2. The van der Waals surface area contributed by atoms with Crippen LogP contribution >= 0.6 is 11.8 Å². The van der Waals surface area contributed by atoms with Crippen LogP contribution in [0, 0.1) is 0 Å². The van der Waals surface area contributed by atoms with E-state index in [2.05, 4.69) is 5.32 Å². The van der Waals surface area contributed by atoms with Crippen LogP contribution in [0.1, 0.15) is 12.8 Å². The van der Waals surface area contributed by atoms with Crippen molar-refractivity contribution in [1.29, 1.82) is 0 Å². The van der Waals surface area contributed by atoms with E-state index in [0.717, 1.165) is 18.6 Å². The number of carbonyl (C=O) groups is 1. The van der Waals surface area contributed by atoms with E-state index in [1.807, 2.05) is 0 Å². The Kier molecular flexibility index (Phi) is 10.6. The minimum atomic E-state index is 0.100. The Morgan fingerprint density at radius 1 is 1.50 bits per heavy atom. The Morgan fingerprint density at radius 2 is 2.29 bits per heavy atom. The number of carbonyl (C=O) groups excluding carboxylic acids is 1. The van der Waals surface area contributed by atoms with E-state index in [1.54, 1.807) is 18.9 Å². The van der Waals surface area contributed by atoms with Crippen molar-refractivity contribution in [2.45, 2.75) is 12.8 Å². The molecular weight excluding hydrogens is 200 g/mol. The third kappa shape index (κ3) is 9.83. The molecule has 0 radical (unpaired) electrons. The summed E-state index contributed by atoms with van der Waals surface area (Å²) in [6.07, 6.45) is 1.84. The zero-order valence-electron chi connectivity index (χ0n) is 8.75. The van der Waals surface area contributed by atoms with Gasteiger partial charge in [0.25, 0.3) is 0 Å². The molecule has 0 atom stereocenters. The minimum absolute atomic E-state index is 0.100. The summed E-state index contributed by atoms with van der Waals surface area (Å²) in [6, 6.07) is 0. The van der Waals surface area contributed by atoms with E-state index >= 15 is 0 Å². The van der Waals surface area contributed by atoms with Crippen molar-refractivity contribution in [3.8, 4) is 0 Å². The first kappa shape index (κ1) is 13.7. The summed E-state index contributed by atoms with van der Waals surface area (Å²) in [4.78, 5) is 11.2. The number of hydrogen-bond donors (Lipinski definition) is 2. The second-order valence-corrected chi connectivity index (χ2v) is 4.00. The molecular formula is C9H20N2O2S. The van der Waals surface area contributed by atoms with Gasteiger partial charge in [-0.1, -0.05) is 0 Å². The standard InChI is InChI=1S/C9H20N2O2S/c1-13-6-3-5-11-9(12)8-14-7-2-4-10/h2-8,10H2,1H3,(H,11,12). The molecule has 0 aliphatic heterocycles. The molecule has 0 rings (SSSR count). The summed E-state index contributed by atoms with van der Waals surface area (Å²) in [6.45, 7) is 2.09. The Morgan fingerprint density at radius 3 is 2.93 bits per heavy atom. The molecule has 0 aliphatic rings. The zero-order valence-corrected chi connectivity index (χ0v) is 9.57. The van der Waals surface area contributed by atoms with Gasteiger partial charge < -0.3 is 15.8 Å². The van der Waals surface area contributed by atoms with Gasteiger partial charge in [-0.3, -0.25) is 4.79 Å². The van der Waals surface area contributed by atoms with Crippen molar-refractivity contribution in [3.05, 3.63) is 0 Å². The first-order chi connectivity index (χ1) is 6.81. The van der Waals surface area contributed by atoms with E-state index in [1.165, 1.54) is 0 Å². The molecule has 0 bridgehead atoms. The number of rotatable bonds is 9. The molecule has 5 heteroatoms. The fraction of sp³-hybridized carbons (Fsp3) is 0.889. The Bertz CT molecular complexity index is 131. The smallest absolute Gasteiger partial charge is 0.229 e. The lowest BCUT2D eigenvalue weighted by atomic mass is 10.4. The van der Waals surface area contributed by atoms with Crippen molar-refractivity contribution >= 4 is 17.7 Å². The zero-order chi connectivity index (χ0) is 10.6. The molecule has 4 nitrogen and oxygen atoms in total. The van der Waals surface area contributed by atoms with Gasteiger partial charge in [-0.05, 0) is 25.1 Å². The second kappa shape index (κ2) is 10.8. The van der Waals surface area contributed by atoms with Gasteiger partial charge in [-0.15, -0.1) is 0 Å². The van der Waals surface area contributed by atoms with Gasteiger partial charge in [0, 0.05) is 20.3 Å². The average Bonchev–Trinajstić information content (AvgIpc) is 2.19. The van der Waals surface area contributed by atoms with Gasteiger partial charge in [-0.2, -0.15) is 11.8 Å². The maximum Gasteiger partial charge on any atom is 0.229 e. The average molecular weight is 220 g/mol. The van der Waals surface area contributed by atoms with Crippen molar-refractivity contribution in [1.82, 2.24) is 5.32 Å². The van der Waals surface area contributed by atoms with Crippen LogP contribution in [0.15, 0.2) is 0 Å². The Balaban J connectivity index is 3.11. The fourth-order valence-electron chi connectivity index (χ4n) is 0.846. The molecule has 0 spiro atoms. The van der Waals surface area contributed by atoms with Crippen LogP contribution in [0.2, 0.25) is 0 Å². The lowest BCUT2D eigenvalue weighted by Gasteiger charge is -2.04. The van der Waals surface area contributed by atoms with Crippen molar-refractivity contribution in [2.24, 2.45) is 5.73 Å². The summed E-state index contributed by atoms with van der Waals surface area (Å²) in [5, 5.41) is 2.82. The number of ether oxygens (including phenoxy) is 1. The van der Waals surface area contributed by atoms with E-state index in [4.69, 9.17) is 10.5 Å². The molecule has 0 aromatic carbocycles. The first-order valence-corrected chi connectivity index (χ1v) is 6.00. The fourth-order valence-corrected chi connectivity index (χ4v) is 1.65. The Hall–Kier alpha value is -0.260. The van der Waals surface area contributed by atoms with Crippen molar-refractivity contribution < 1.29 is 9.53 Å². The molecule has 14 heavy (non-hydrogen) atoms. The van der Waals surface area contributed by atoms with Gasteiger partial charge in [0.2, 0.25) is 5.91 Å². The van der Waals surface area contributed by atoms with Gasteiger partial charge in [0.15, 0.2) is 0 Å². The molecule has 0 saturated heterocycles. The van der Waals surface area contributed by atoms with Crippen LogP contribution in [0.25, 0.3) is 0 Å². The highest BCUT2D eigenvalue weighted by Gasteiger charge is 1.99. The molecule has 0 aliphatic carbocycles. The summed E-state index contributed by atoms with van der Waals surface area (Å²) in [7, 11) is 1.66. The maximum absolute atomic E-state index is 11.2. The van der Waals surface area contributed by atoms with Gasteiger partial charge in [0.05, 0.1) is 5.75 Å². The summed E-state index contributed by atoms with van der Waals surface area (Å²) in [5.74, 6) is 1.60. The molecule has 0 saturated carbocycles. The normalized spacial score (nSPS) is 10.1. The van der Waals surface area contributed by atoms with Gasteiger partial charge in [-0.25, -0.2) is 0 Å². The van der Waals surface area contributed by atoms with Crippen molar-refractivity contribution in [3.63, 3.8) is 0 Å². The third-order valence-corrected chi connectivity index (χ3v) is 2.62. The van der Waals surface area contributed by atoms with Gasteiger partial charge >= 0.3 is 0 Å². The monoisotopic (exact) mass is 220 g/mol. The summed E-state index contributed by atoms with van der Waals surface area (Å²) in [5.41, 5.74) is 5.33. The number of nitrogens with one attached hydrogen (secondary N) is 1.